The fraction of sp³-hybridized carbons (Fsp3) is 0.412. The molecule has 7 nitrogen and oxygen atoms in total. The first kappa shape index (κ1) is 15.2. The van der Waals surface area contributed by atoms with Crippen LogP contribution in [0.5, 0.6) is 0 Å². The topological polar surface area (TPSA) is 63.0 Å². The summed E-state index contributed by atoms with van der Waals surface area (Å²) in [4.78, 5) is 18.4. The van der Waals surface area contributed by atoms with E-state index in [1.807, 2.05) is 19.4 Å². The van der Waals surface area contributed by atoms with E-state index in [4.69, 9.17) is 0 Å². The third-order valence-electron chi connectivity index (χ3n) is 5.29. The number of hydrogen-bond acceptors (Lipinski definition) is 6. The number of fused-ring (bicyclic) bond motifs is 3. The Morgan fingerprint density at radius 2 is 2.04 bits per heavy atom. The van der Waals surface area contributed by atoms with Gasteiger partial charge in [-0.3, -0.25) is 14.6 Å². The Bertz CT molecular complexity index is 922. The molecule has 128 valence electrons. The second-order valence-corrected chi connectivity index (χ2v) is 7.71. The molecule has 8 heteroatoms. The Kier molecular flexibility index (Phi) is 3.49. The summed E-state index contributed by atoms with van der Waals surface area (Å²) >= 11 is 3.44. The summed E-state index contributed by atoms with van der Waals surface area (Å²) in [5.74, 6) is 1.02. The Morgan fingerprint density at radius 1 is 1.12 bits per heavy atom. The molecule has 2 aliphatic heterocycles. The molecule has 5 heterocycles. The molecule has 0 aliphatic carbocycles. The monoisotopic (exact) mass is 399 g/mol. The number of aromatic nitrogens is 5. The summed E-state index contributed by atoms with van der Waals surface area (Å²) in [7, 11) is 1.92. The average molecular weight is 400 g/mol. The van der Waals surface area contributed by atoms with E-state index < -0.39 is 0 Å². The van der Waals surface area contributed by atoms with Crippen LogP contribution < -0.4 is 4.90 Å². The largest absolute Gasteiger partial charge is 0.350 e. The van der Waals surface area contributed by atoms with Crippen LogP contribution in [0.15, 0.2) is 35.3 Å². The van der Waals surface area contributed by atoms with Crippen molar-refractivity contribution in [1.29, 1.82) is 0 Å². The van der Waals surface area contributed by atoms with Gasteiger partial charge >= 0.3 is 0 Å². The highest BCUT2D eigenvalue weighted by Crippen LogP contribution is 2.36. The lowest BCUT2D eigenvalue weighted by Gasteiger charge is -2.34. The molecular weight excluding hydrogens is 382 g/mol. The highest BCUT2D eigenvalue weighted by atomic mass is 79.9. The normalized spacial score (nSPS) is 23.0. The number of pyridine rings is 1. The van der Waals surface area contributed by atoms with E-state index in [1.165, 1.54) is 6.42 Å². The molecule has 3 aromatic rings. The van der Waals surface area contributed by atoms with Crippen LogP contribution in [0, 0.1) is 0 Å². The number of halogens is 1. The number of aryl methyl sites for hydroxylation is 1. The third-order valence-corrected chi connectivity index (χ3v) is 5.76. The summed E-state index contributed by atoms with van der Waals surface area (Å²) in [5.41, 5.74) is 2.02. The number of hydrogen-bond donors (Lipinski definition) is 0. The van der Waals surface area contributed by atoms with E-state index in [0.717, 1.165) is 46.7 Å². The summed E-state index contributed by atoms with van der Waals surface area (Å²) in [6, 6.07) is 5.20. The third kappa shape index (κ3) is 2.51. The molecule has 2 aliphatic rings. The number of nitrogens with zero attached hydrogens (tertiary/aromatic N) is 7. The highest BCUT2D eigenvalue weighted by Gasteiger charge is 2.44. The smallest absolute Gasteiger partial charge is 0.163 e. The van der Waals surface area contributed by atoms with Gasteiger partial charge in [0.05, 0.1) is 17.3 Å². The Morgan fingerprint density at radius 3 is 2.80 bits per heavy atom. The van der Waals surface area contributed by atoms with Crippen molar-refractivity contribution in [2.45, 2.75) is 25.0 Å². The van der Waals surface area contributed by atoms with E-state index in [2.05, 4.69) is 57.9 Å². The molecule has 2 atom stereocenters. The van der Waals surface area contributed by atoms with Gasteiger partial charge in [0.25, 0.3) is 0 Å². The number of rotatable bonds is 3. The van der Waals surface area contributed by atoms with E-state index in [0.29, 0.717) is 12.1 Å². The van der Waals surface area contributed by atoms with Crippen LogP contribution in [0.1, 0.15) is 12.1 Å². The van der Waals surface area contributed by atoms with Crippen molar-refractivity contribution in [1.82, 2.24) is 29.6 Å². The minimum atomic E-state index is 0.499. The number of piperazine rings is 1. The van der Waals surface area contributed by atoms with Gasteiger partial charge < -0.3 is 4.90 Å². The van der Waals surface area contributed by atoms with Gasteiger partial charge in [-0.1, -0.05) is 0 Å². The summed E-state index contributed by atoms with van der Waals surface area (Å²) < 4.78 is 2.83. The van der Waals surface area contributed by atoms with Gasteiger partial charge in [-0.15, -0.1) is 0 Å². The predicted octanol–water partition coefficient (Wildman–Crippen LogP) is 1.98. The molecule has 5 rings (SSSR count). The molecule has 3 aromatic heterocycles. The molecule has 2 unspecified atom stereocenters. The van der Waals surface area contributed by atoms with Crippen molar-refractivity contribution in [2.75, 3.05) is 18.0 Å². The SMILES string of the molecule is Cn1ncc2c(N3CC4CC3CN4Cc3ccc(Br)cn3)ncnc21. The lowest BCUT2D eigenvalue weighted by atomic mass is 10.2. The summed E-state index contributed by atoms with van der Waals surface area (Å²) in [5, 5.41) is 5.37. The Hall–Kier alpha value is -2.06. The minimum Gasteiger partial charge on any atom is -0.350 e. The van der Waals surface area contributed by atoms with E-state index >= 15 is 0 Å². The standard InChI is InChI=1S/C17H18BrN7/c1-23-16-15(6-22-23)17(21-10-20-16)25-9-13-4-14(25)8-24(13)7-12-3-2-11(18)5-19-12/h2-3,5-6,10,13-14H,4,7-9H2,1H3. The Balaban J connectivity index is 1.36. The molecule has 2 bridgehead atoms. The number of likely N-dealkylation sites (tertiary alicyclic amines) is 1. The van der Waals surface area contributed by atoms with Gasteiger partial charge in [0, 0.05) is 49.4 Å². The fourth-order valence-corrected chi connectivity index (χ4v) is 4.32. The maximum atomic E-state index is 4.57. The van der Waals surface area contributed by atoms with E-state index in [1.54, 1.807) is 11.0 Å². The van der Waals surface area contributed by atoms with Crippen molar-refractivity contribution < 1.29 is 0 Å². The first-order valence-corrected chi connectivity index (χ1v) is 9.22. The van der Waals surface area contributed by atoms with Crippen molar-refractivity contribution >= 4 is 32.8 Å². The highest BCUT2D eigenvalue weighted by molar-refractivity contribution is 9.10. The van der Waals surface area contributed by atoms with Crippen LogP contribution in [0.2, 0.25) is 0 Å². The lowest BCUT2D eigenvalue weighted by molar-refractivity contribution is 0.227. The molecule has 25 heavy (non-hydrogen) atoms. The van der Waals surface area contributed by atoms with Crippen LogP contribution >= 0.6 is 15.9 Å². The van der Waals surface area contributed by atoms with Crippen LogP contribution in [-0.4, -0.2) is 54.8 Å². The van der Waals surface area contributed by atoms with Crippen LogP contribution in [-0.2, 0) is 13.6 Å². The van der Waals surface area contributed by atoms with Crippen molar-refractivity contribution in [2.24, 2.45) is 7.05 Å². The maximum Gasteiger partial charge on any atom is 0.163 e. The van der Waals surface area contributed by atoms with Gasteiger partial charge in [-0.2, -0.15) is 5.10 Å². The van der Waals surface area contributed by atoms with Gasteiger partial charge in [-0.25, -0.2) is 9.97 Å². The molecule has 0 spiro atoms. The second kappa shape index (κ2) is 5.74. The van der Waals surface area contributed by atoms with Gasteiger partial charge in [0.2, 0.25) is 0 Å². The summed E-state index contributed by atoms with van der Waals surface area (Å²) in [6.45, 7) is 2.96. The second-order valence-electron chi connectivity index (χ2n) is 6.80. The average Bonchev–Trinajstić information content (AvgIpc) is 3.31. The first-order chi connectivity index (χ1) is 12.2. The van der Waals surface area contributed by atoms with Crippen LogP contribution in [0.3, 0.4) is 0 Å². The molecule has 0 radical (unpaired) electrons. The number of anilines is 1. The fourth-order valence-electron chi connectivity index (χ4n) is 4.09. The van der Waals surface area contributed by atoms with Crippen molar-refractivity contribution in [3.8, 4) is 0 Å². The van der Waals surface area contributed by atoms with E-state index in [9.17, 15) is 0 Å². The summed E-state index contributed by atoms with van der Waals surface area (Å²) in [6.07, 6.45) is 6.58. The molecule has 0 N–H and O–H groups in total. The van der Waals surface area contributed by atoms with Crippen LogP contribution in [0.4, 0.5) is 5.82 Å². The van der Waals surface area contributed by atoms with Crippen molar-refractivity contribution in [3.63, 3.8) is 0 Å². The quantitative estimate of drug-likeness (QED) is 0.670. The van der Waals surface area contributed by atoms with Gasteiger partial charge in [0.1, 0.15) is 12.1 Å². The minimum absolute atomic E-state index is 0.499. The van der Waals surface area contributed by atoms with E-state index in [-0.39, 0.29) is 0 Å². The van der Waals surface area contributed by atoms with Gasteiger partial charge in [-0.05, 0) is 34.5 Å². The first-order valence-electron chi connectivity index (χ1n) is 8.43. The zero-order valence-electron chi connectivity index (χ0n) is 13.9. The molecule has 2 fully saturated rings. The molecule has 0 saturated carbocycles. The van der Waals surface area contributed by atoms with Crippen molar-refractivity contribution in [3.05, 3.63) is 41.0 Å². The zero-order chi connectivity index (χ0) is 17.0. The molecule has 0 aromatic carbocycles. The predicted molar refractivity (Wildman–Crippen MR) is 98.2 cm³/mol. The zero-order valence-corrected chi connectivity index (χ0v) is 15.5. The maximum absolute atomic E-state index is 4.57. The molecule has 2 saturated heterocycles. The molecule has 0 amide bonds. The molecular formula is C17H18BrN7. The van der Waals surface area contributed by atoms with Gasteiger partial charge in [0.15, 0.2) is 5.65 Å². The lowest BCUT2D eigenvalue weighted by Crippen LogP contribution is -2.46. The Labute approximate surface area is 153 Å². The van der Waals surface area contributed by atoms with Crippen LogP contribution in [0.25, 0.3) is 11.0 Å².